The largest absolute Gasteiger partial charge is 3.00 e. The van der Waals surface area contributed by atoms with Gasteiger partial charge in [-0.3, -0.25) is 0 Å². The van der Waals surface area contributed by atoms with Crippen LogP contribution in [0.25, 0.3) is 33.9 Å². The minimum absolute atomic E-state index is 0. The van der Waals surface area contributed by atoms with E-state index in [-0.39, 0.29) is 65.8 Å². The van der Waals surface area contributed by atoms with E-state index in [2.05, 4.69) is 0 Å². The second kappa shape index (κ2) is 12.8. The number of hydrogen-bond donors (Lipinski definition) is 2. The van der Waals surface area contributed by atoms with Crippen molar-refractivity contribution in [3.63, 3.8) is 0 Å². The number of phenols is 2. The van der Waals surface area contributed by atoms with E-state index in [9.17, 15) is 10.2 Å². The van der Waals surface area contributed by atoms with E-state index in [0.29, 0.717) is 33.9 Å². The first-order valence-electron chi connectivity index (χ1n) is 9.48. The molecule has 0 aliphatic carbocycles. The molecule has 2 N–H and O–H groups in total. The topological polar surface area (TPSA) is 66.2 Å². The Morgan fingerprint density at radius 1 is 0.606 bits per heavy atom. The van der Waals surface area contributed by atoms with Gasteiger partial charge in [0, 0.05) is 11.1 Å². The summed E-state index contributed by atoms with van der Waals surface area (Å²) in [4.78, 5) is 9.44. The molecule has 4 aromatic rings. The van der Waals surface area contributed by atoms with Crippen molar-refractivity contribution in [2.45, 2.75) is 20.8 Å². The van der Waals surface area contributed by atoms with E-state index in [1.165, 1.54) is 0 Å². The van der Waals surface area contributed by atoms with Gasteiger partial charge in [-0.1, -0.05) is 24.3 Å². The monoisotopic (exact) mass is 542 g/mol. The van der Waals surface area contributed by atoms with Crippen molar-refractivity contribution in [3.05, 3.63) is 83.4 Å². The molecular formula is C25H22Cl3MnN2O2. The molecule has 172 valence electrons. The van der Waals surface area contributed by atoms with Crippen LogP contribution in [0.5, 0.6) is 11.5 Å². The van der Waals surface area contributed by atoms with Crippen molar-refractivity contribution >= 4 is 0 Å². The Balaban J connectivity index is 0.00000256. The van der Waals surface area contributed by atoms with Gasteiger partial charge in [-0.25, -0.2) is 9.97 Å². The first kappa shape index (κ1) is 30.7. The molecule has 0 spiro atoms. The summed E-state index contributed by atoms with van der Waals surface area (Å²) in [6, 6.07) is 20.8. The third-order valence-corrected chi connectivity index (χ3v) is 5.17. The summed E-state index contributed by atoms with van der Waals surface area (Å²) in [6.07, 6.45) is 0. The van der Waals surface area contributed by atoms with Gasteiger partial charge in [0.05, 0.1) is 22.8 Å². The van der Waals surface area contributed by atoms with E-state index < -0.39 is 0 Å². The average Bonchev–Trinajstić information content (AvgIpc) is 2.72. The second-order valence-electron chi connectivity index (χ2n) is 7.24. The first-order valence-corrected chi connectivity index (χ1v) is 9.48. The Labute approximate surface area is 223 Å². The van der Waals surface area contributed by atoms with E-state index in [1.54, 1.807) is 6.07 Å². The molecule has 0 saturated heterocycles. The molecule has 0 amide bonds. The Bertz CT molecular complexity index is 1240. The summed E-state index contributed by atoms with van der Waals surface area (Å²) >= 11 is 0. The zero-order valence-corrected chi connectivity index (χ0v) is 21.6. The maximum Gasteiger partial charge on any atom is 3.00 e. The van der Waals surface area contributed by atoms with Gasteiger partial charge in [0.15, 0.2) is 0 Å². The van der Waals surface area contributed by atoms with E-state index >= 15 is 0 Å². The third-order valence-electron chi connectivity index (χ3n) is 5.17. The van der Waals surface area contributed by atoms with Crippen LogP contribution in [0, 0.1) is 20.8 Å². The predicted molar refractivity (Wildman–Crippen MR) is 116 cm³/mol. The minimum atomic E-state index is 0. The smallest absolute Gasteiger partial charge is 1.00 e. The number of phenolic OH excluding ortho intramolecular Hbond substituents is 2. The molecular weight excluding hydrogens is 522 g/mol. The minimum Gasteiger partial charge on any atom is -1.00 e. The number of benzene rings is 2. The molecule has 2 aromatic carbocycles. The van der Waals surface area contributed by atoms with Crippen LogP contribution in [0.3, 0.4) is 0 Å². The standard InChI is InChI=1S/C25H22N2O2.3ClH.Mn/c1-15-10-12-18(24(28)14-15)20-6-4-8-22(26-20)23-9-5-7-21(27-23)19-13-11-16(2)17(3)25(19)29;;;;/h4-14,28-29H,1-3H3;3*1H;/q;;;;+3/p-3. The average molecular weight is 544 g/mol. The zero-order valence-electron chi connectivity index (χ0n) is 18.2. The van der Waals surface area contributed by atoms with Gasteiger partial charge < -0.3 is 47.4 Å². The molecule has 0 fully saturated rings. The molecule has 0 aliphatic heterocycles. The molecule has 33 heavy (non-hydrogen) atoms. The summed E-state index contributed by atoms with van der Waals surface area (Å²) in [5.41, 5.74) is 7.03. The first-order chi connectivity index (χ1) is 13.9. The van der Waals surface area contributed by atoms with Crippen LogP contribution in [-0.4, -0.2) is 20.2 Å². The third kappa shape index (κ3) is 6.41. The molecule has 0 atom stereocenters. The molecule has 2 heterocycles. The van der Waals surface area contributed by atoms with Crippen molar-refractivity contribution in [3.8, 4) is 45.4 Å². The molecule has 0 saturated carbocycles. The van der Waals surface area contributed by atoms with Gasteiger partial charge in [0.25, 0.3) is 0 Å². The van der Waals surface area contributed by atoms with Crippen molar-refractivity contribution in [1.82, 2.24) is 9.97 Å². The molecule has 0 unspecified atom stereocenters. The number of nitrogens with zero attached hydrogens (tertiary/aromatic N) is 2. The Morgan fingerprint density at radius 3 is 1.64 bits per heavy atom. The van der Waals surface area contributed by atoms with Gasteiger partial charge in [0.1, 0.15) is 11.5 Å². The molecule has 4 nitrogen and oxygen atoms in total. The summed E-state index contributed by atoms with van der Waals surface area (Å²) in [5, 5.41) is 20.9. The van der Waals surface area contributed by atoms with E-state index in [4.69, 9.17) is 9.97 Å². The quantitative estimate of drug-likeness (QED) is 0.268. The fraction of sp³-hybridized carbons (Fsp3) is 0.120. The van der Waals surface area contributed by atoms with Crippen LogP contribution in [0.15, 0.2) is 66.7 Å². The SMILES string of the molecule is Cc1ccc(-c2cccc(-c3cccc(-c4ccc(C)c(C)c4O)n3)n2)c(O)c1.[Cl-].[Cl-].[Cl-].[Mn+3]. The van der Waals surface area contributed by atoms with Crippen molar-refractivity contribution in [2.24, 2.45) is 0 Å². The van der Waals surface area contributed by atoms with Gasteiger partial charge in [-0.15, -0.1) is 0 Å². The second-order valence-corrected chi connectivity index (χ2v) is 7.24. The Kier molecular flexibility index (Phi) is 11.9. The Hall–Kier alpha value is -2.27. The summed E-state index contributed by atoms with van der Waals surface area (Å²) < 4.78 is 0. The number of halogens is 3. The molecule has 8 heteroatoms. The fourth-order valence-corrected chi connectivity index (χ4v) is 3.32. The summed E-state index contributed by atoms with van der Waals surface area (Å²) in [5.74, 6) is 0.456. The molecule has 0 aliphatic rings. The molecule has 0 radical (unpaired) electrons. The maximum absolute atomic E-state index is 10.6. The number of aromatic hydroxyl groups is 2. The normalized spacial score (nSPS) is 9.55. The van der Waals surface area contributed by atoms with E-state index in [0.717, 1.165) is 16.7 Å². The zero-order chi connectivity index (χ0) is 20.5. The molecule has 2 aromatic heterocycles. The van der Waals surface area contributed by atoms with Crippen LogP contribution >= 0.6 is 0 Å². The number of hydrogen-bond acceptors (Lipinski definition) is 4. The predicted octanol–water partition coefficient (Wildman–Crippen LogP) is -3.18. The fourth-order valence-electron chi connectivity index (χ4n) is 3.32. The van der Waals surface area contributed by atoms with Gasteiger partial charge in [-0.2, -0.15) is 0 Å². The van der Waals surface area contributed by atoms with E-state index in [1.807, 2.05) is 81.4 Å². The number of pyridine rings is 2. The number of aryl methyl sites for hydroxylation is 2. The van der Waals surface area contributed by atoms with Gasteiger partial charge >= 0.3 is 17.1 Å². The van der Waals surface area contributed by atoms with Crippen LogP contribution in [0.4, 0.5) is 0 Å². The summed E-state index contributed by atoms with van der Waals surface area (Å²) in [6.45, 7) is 5.81. The molecule has 0 bridgehead atoms. The molecule has 4 rings (SSSR count). The van der Waals surface area contributed by atoms with Crippen LogP contribution in [-0.2, 0) is 17.1 Å². The Morgan fingerprint density at radius 2 is 1.09 bits per heavy atom. The van der Waals surface area contributed by atoms with Crippen molar-refractivity contribution in [1.29, 1.82) is 0 Å². The van der Waals surface area contributed by atoms with Crippen molar-refractivity contribution in [2.75, 3.05) is 0 Å². The maximum atomic E-state index is 10.6. The number of aromatic nitrogens is 2. The van der Waals surface area contributed by atoms with Gasteiger partial charge in [0.2, 0.25) is 0 Å². The number of rotatable bonds is 3. The van der Waals surface area contributed by atoms with Crippen LogP contribution < -0.4 is 37.2 Å². The van der Waals surface area contributed by atoms with Gasteiger partial charge in [-0.05, 0) is 79.9 Å². The van der Waals surface area contributed by atoms with Crippen LogP contribution in [0.1, 0.15) is 16.7 Å². The van der Waals surface area contributed by atoms with Crippen LogP contribution in [0.2, 0.25) is 0 Å². The summed E-state index contributed by atoms with van der Waals surface area (Å²) in [7, 11) is 0. The van der Waals surface area contributed by atoms with Crippen molar-refractivity contribution < 1.29 is 64.5 Å².